The molecule has 15 heavy (non-hydrogen) atoms. The molecule has 1 amide bonds. The summed E-state index contributed by atoms with van der Waals surface area (Å²) in [6.45, 7) is 0. The quantitative estimate of drug-likeness (QED) is 0.716. The first-order chi connectivity index (χ1) is 8.10. The molecule has 6 nitrogen and oxygen atoms in total. The zero-order valence-electron chi connectivity index (χ0n) is 10.4. The van der Waals surface area contributed by atoms with Crippen molar-refractivity contribution in [1.82, 2.24) is 4.72 Å². The molecule has 1 aromatic rings. The largest absolute Gasteiger partial charge is 0.452 e. The molecule has 0 fully saturated rings. The maximum Gasteiger partial charge on any atom is 0.420 e. The minimum atomic E-state index is -4.18. The molecule has 0 radical (unpaired) electrons. The maximum atomic E-state index is 11.6. The topological polar surface area (TPSA) is 98.5 Å². The summed E-state index contributed by atoms with van der Waals surface area (Å²) in [6, 6.07) is 4.98. The van der Waals surface area contributed by atoms with Gasteiger partial charge in [-0.1, -0.05) is 0 Å². The monoisotopic (exact) mass is 233 g/mol. The number of hydrogen-bond donors (Lipinski definition) is 2. The SMILES string of the molecule is [2H]C([2H])([2H])OC(=O)NS(=O)(=O)c1ccc(N)cc1. The minimum Gasteiger partial charge on any atom is -0.452 e. The highest BCUT2D eigenvalue weighted by atomic mass is 32.2. The number of nitrogen functional groups attached to an aromatic ring is 1. The molecule has 0 atom stereocenters. The lowest BCUT2D eigenvalue weighted by atomic mass is 10.3. The maximum absolute atomic E-state index is 11.6. The van der Waals surface area contributed by atoms with Crippen LogP contribution in [-0.2, 0) is 14.8 Å². The second-order valence-corrected chi connectivity index (χ2v) is 4.25. The van der Waals surface area contributed by atoms with Crippen molar-refractivity contribution in [3.05, 3.63) is 24.3 Å². The standard InChI is InChI=1S/C8H10N2O4S/c1-14-8(11)10-15(12,13)7-4-2-6(9)3-5-7/h2-5H,9H2,1H3,(H,10,11)/i1D3. The van der Waals surface area contributed by atoms with Crippen molar-refractivity contribution in [3.8, 4) is 0 Å². The lowest BCUT2D eigenvalue weighted by molar-refractivity contribution is 0.177. The van der Waals surface area contributed by atoms with Gasteiger partial charge in [-0.05, 0) is 24.3 Å². The average Bonchev–Trinajstić information content (AvgIpc) is 2.13. The van der Waals surface area contributed by atoms with Crippen LogP contribution in [0.2, 0.25) is 0 Å². The molecular weight excluding hydrogens is 220 g/mol. The number of anilines is 1. The second kappa shape index (κ2) is 4.18. The van der Waals surface area contributed by atoms with Gasteiger partial charge < -0.3 is 10.5 Å². The Morgan fingerprint density at radius 2 is 2.07 bits per heavy atom. The van der Waals surface area contributed by atoms with Crippen molar-refractivity contribution in [2.75, 3.05) is 12.8 Å². The highest BCUT2D eigenvalue weighted by Gasteiger charge is 2.17. The van der Waals surface area contributed by atoms with E-state index in [1.54, 1.807) is 0 Å². The summed E-state index contributed by atoms with van der Waals surface area (Å²) >= 11 is 0. The first-order valence-corrected chi connectivity index (χ1v) is 5.20. The van der Waals surface area contributed by atoms with Crippen molar-refractivity contribution in [3.63, 3.8) is 0 Å². The summed E-state index contributed by atoms with van der Waals surface area (Å²) < 4.78 is 48.5. The molecule has 0 aromatic heterocycles. The van der Waals surface area contributed by atoms with Crippen LogP contribution >= 0.6 is 0 Å². The molecule has 1 aromatic carbocycles. The third-order valence-corrected chi connectivity index (χ3v) is 2.83. The Morgan fingerprint density at radius 1 is 1.47 bits per heavy atom. The Labute approximate surface area is 91.3 Å². The van der Waals surface area contributed by atoms with E-state index in [0.717, 1.165) is 0 Å². The molecule has 0 spiro atoms. The van der Waals surface area contributed by atoms with E-state index < -0.39 is 23.2 Å². The number of carbonyl (C=O) groups is 1. The molecule has 1 rings (SSSR count). The minimum absolute atomic E-state index is 0.237. The molecule has 0 aliphatic heterocycles. The van der Waals surface area contributed by atoms with Crippen LogP contribution in [0.25, 0.3) is 0 Å². The fourth-order valence-corrected chi connectivity index (χ4v) is 1.71. The molecule has 0 unspecified atom stereocenters. The van der Waals surface area contributed by atoms with Gasteiger partial charge in [0.05, 0.1) is 16.0 Å². The van der Waals surface area contributed by atoms with Gasteiger partial charge >= 0.3 is 6.09 Å². The van der Waals surface area contributed by atoms with Crippen LogP contribution in [0, 0.1) is 0 Å². The van der Waals surface area contributed by atoms with E-state index >= 15 is 0 Å². The number of methoxy groups -OCH3 is 1. The molecule has 82 valence electrons. The number of amides is 1. The summed E-state index contributed by atoms with van der Waals surface area (Å²) in [5, 5.41) is 0. The lowest BCUT2D eigenvalue weighted by Gasteiger charge is -2.05. The molecule has 7 heteroatoms. The third-order valence-electron chi connectivity index (χ3n) is 1.50. The van der Waals surface area contributed by atoms with E-state index in [1.165, 1.54) is 29.0 Å². The van der Waals surface area contributed by atoms with Gasteiger partial charge in [-0.15, -0.1) is 0 Å². The summed E-state index contributed by atoms with van der Waals surface area (Å²) in [4.78, 5) is 10.8. The van der Waals surface area contributed by atoms with Crippen molar-refractivity contribution in [1.29, 1.82) is 0 Å². The normalized spacial score (nSPS) is 14.5. The van der Waals surface area contributed by atoms with Crippen LogP contribution in [-0.4, -0.2) is 21.5 Å². The zero-order chi connectivity index (χ0) is 14.0. The van der Waals surface area contributed by atoms with Gasteiger partial charge in [0, 0.05) is 5.69 Å². The summed E-state index contributed by atoms with van der Waals surface area (Å²) in [7, 11) is -7.19. The lowest BCUT2D eigenvalue weighted by Crippen LogP contribution is -2.30. The number of benzene rings is 1. The second-order valence-electron chi connectivity index (χ2n) is 2.56. The van der Waals surface area contributed by atoms with E-state index in [2.05, 4.69) is 4.74 Å². The number of hydrogen-bond acceptors (Lipinski definition) is 5. The number of rotatable bonds is 2. The van der Waals surface area contributed by atoms with Crippen molar-refractivity contribution in [2.24, 2.45) is 0 Å². The molecule has 0 heterocycles. The highest BCUT2D eigenvalue weighted by molar-refractivity contribution is 7.90. The molecule has 0 saturated carbocycles. The van der Waals surface area contributed by atoms with Gasteiger partial charge in [0.1, 0.15) is 0 Å². The molecule has 0 aliphatic rings. The highest BCUT2D eigenvalue weighted by Crippen LogP contribution is 2.11. The number of nitrogens with two attached hydrogens (primary N) is 1. The average molecular weight is 233 g/mol. The fraction of sp³-hybridized carbons (Fsp3) is 0.125. The van der Waals surface area contributed by atoms with Gasteiger partial charge in [0.25, 0.3) is 10.0 Å². The Kier molecular flexibility index (Phi) is 2.09. The first kappa shape index (κ1) is 7.52. The van der Waals surface area contributed by atoms with E-state index in [9.17, 15) is 13.2 Å². The van der Waals surface area contributed by atoms with E-state index in [0.29, 0.717) is 5.69 Å². The number of sulfonamides is 1. The molecular formula is C8H10N2O4S. The predicted molar refractivity (Wildman–Crippen MR) is 53.6 cm³/mol. The first-order valence-electron chi connectivity index (χ1n) is 5.21. The van der Waals surface area contributed by atoms with E-state index in [4.69, 9.17) is 9.85 Å². The van der Waals surface area contributed by atoms with Crippen molar-refractivity contribution < 1.29 is 22.1 Å². The summed E-state index contributed by atoms with van der Waals surface area (Å²) in [6.07, 6.45) is -1.58. The smallest absolute Gasteiger partial charge is 0.420 e. The summed E-state index contributed by atoms with van der Waals surface area (Å²) in [5.74, 6) is 0. The number of nitrogens with one attached hydrogen (secondary N) is 1. The van der Waals surface area contributed by atoms with Crippen LogP contribution < -0.4 is 10.5 Å². The van der Waals surface area contributed by atoms with Gasteiger partial charge in [0.15, 0.2) is 0 Å². The van der Waals surface area contributed by atoms with Crippen LogP contribution in [0.4, 0.5) is 10.5 Å². The fourth-order valence-electron chi connectivity index (χ4n) is 0.836. The Balaban J connectivity index is 2.83. The van der Waals surface area contributed by atoms with Gasteiger partial charge in [0.2, 0.25) is 0 Å². The van der Waals surface area contributed by atoms with Crippen LogP contribution in [0.1, 0.15) is 4.11 Å². The van der Waals surface area contributed by atoms with Gasteiger partial charge in [-0.3, -0.25) is 0 Å². The Morgan fingerprint density at radius 3 is 2.60 bits per heavy atom. The van der Waals surface area contributed by atoms with Gasteiger partial charge in [-0.25, -0.2) is 17.9 Å². The predicted octanol–water partition coefficient (Wildman–Crippen LogP) is 0.314. The number of ether oxygens (including phenoxy) is 1. The Bertz CT molecular complexity index is 538. The van der Waals surface area contributed by atoms with E-state index in [1.807, 2.05) is 0 Å². The molecule has 0 bridgehead atoms. The van der Waals surface area contributed by atoms with Crippen LogP contribution in [0.15, 0.2) is 29.2 Å². The molecule has 0 aliphatic carbocycles. The van der Waals surface area contributed by atoms with E-state index in [-0.39, 0.29) is 4.90 Å². The molecule has 0 saturated heterocycles. The Hall–Kier alpha value is -1.76. The number of carbonyl (C=O) groups excluding carboxylic acids is 1. The van der Waals surface area contributed by atoms with Crippen molar-refractivity contribution in [2.45, 2.75) is 4.90 Å². The molecule has 3 N–H and O–H groups in total. The third kappa shape index (κ3) is 2.84. The van der Waals surface area contributed by atoms with Crippen LogP contribution in [0.3, 0.4) is 0 Å². The van der Waals surface area contributed by atoms with Crippen LogP contribution in [0.5, 0.6) is 0 Å². The zero-order valence-corrected chi connectivity index (χ0v) is 8.24. The van der Waals surface area contributed by atoms with Crippen molar-refractivity contribution >= 4 is 21.8 Å². The van der Waals surface area contributed by atoms with Gasteiger partial charge in [-0.2, -0.15) is 0 Å². The summed E-state index contributed by atoms with van der Waals surface area (Å²) in [5.41, 5.74) is 5.72.